The third-order valence-corrected chi connectivity index (χ3v) is 5.84. The number of hydrogen-bond acceptors (Lipinski definition) is 6. The van der Waals surface area contributed by atoms with Gasteiger partial charge in [-0.2, -0.15) is 0 Å². The Kier molecular flexibility index (Phi) is 9.76. The maximum atomic E-state index is 13.1. The van der Waals surface area contributed by atoms with Gasteiger partial charge >= 0.3 is 0 Å². The van der Waals surface area contributed by atoms with Gasteiger partial charge in [0.25, 0.3) is 6.47 Å². The maximum absolute atomic E-state index is 13.1. The monoisotopic (exact) mass is 418 g/mol. The molecule has 158 valence electrons. The molecule has 0 bridgehead atoms. The number of thiazole rings is 1. The van der Waals surface area contributed by atoms with Crippen LogP contribution >= 0.6 is 11.3 Å². The van der Waals surface area contributed by atoms with E-state index in [1.165, 1.54) is 10.4 Å². The number of aryl methyl sites for hydroxylation is 1. The lowest BCUT2D eigenvalue weighted by molar-refractivity contribution is -0.133. The van der Waals surface area contributed by atoms with E-state index in [9.17, 15) is 4.79 Å². The fraction of sp³-hybridized carbons (Fsp3) is 0.476. The maximum Gasteiger partial charge on any atom is 0.290 e. The van der Waals surface area contributed by atoms with Crippen molar-refractivity contribution in [1.82, 2.24) is 19.7 Å². The lowest BCUT2D eigenvalue weighted by Gasteiger charge is -2.27. The second-order valence-corrected chi connectivity index (χ2v) is 8.07. The summed E-state index contributed by atoms with van der Waals surface area (Å²) in [5.41, 5.74) is 4.05. The molecule has 8 heteroatoms. The Balaban J connectivity index is 0.000000941. The lowest BCUT2D eigenvalue weighted by atomic mass is 10.2. The Bertz CT molecular complexity index is 753. The minimum atomic E-state index is -0.250. The molecule has 1 amide bonds. The number of carbonyl (C=O) groups is 2. The largest absolute Gasteiger partial charge is 0.483 e. The van der Waals surface area contributed by atoms with Gasteiger partial charge in [0.1, 0.15) is 0 Å². The molecule has 1 aromatic carbocycles. The zero-order chi connectivity index (χ0) is 21.1. The van der Waals surface area contributed by atoms with Crippen LogP contribution in [0.5, 0.6) is 0 Å². The fourth-order valence-electron chi connectivity index (χ4n) is 3.24. The molecule has 1 aliphatic heterocycles. The molecule has 1 aromatic heterocycles. The summed E-state index contributed by atoms with van der Waals surface area (Å²) in [6.07, 6.45) is 1.12. The first-order chi connectivity index (χ1) is 14.0. The molecule has 2 heterocycles. The highest BCUT2D eigenvalue weighted by Gasteiger charge is 2.21. The van der Waals surface area contributed by atoms with Crippen molar-refractivity contribution in [1.29, 1.82) is 0 Å². The number of amides is 1. The smallest absolute Gasteiger partial charge is 0.290 e. The molecule has 0 saturated carbocycles. The summed E-state index contributed by atoms with van der Waals surface area (Å²) in [4.78, 5) is 33.6. The van der Waals surface area contributed by atoms with Crippen LogP contribution in [-0.2, 0) is 22.7 Å². The van der Waals surface area contributed by atoms with Crippen molar-refractivity contribution in [3.63, 3.8) is 0 Å². The minimum Gasteiger partial charge on any atom is -0.483 e. The molecular weight excluding hydrogens is 388 g/mol. The molecule has 3 rings (SSSR count). The molecule has 0 atom stereocenters. The summed E-state index contributed by atoms with van der Waals surface area (Å²) in [7, 11) is 2.15. The molecule has 1 N–H and O–H groups in total. The van der Waals surface area contributed by atoms with Gasteiger partial charge in [-0.3, -0.25) is 14.5 Å². The molecular formula is C21H30N4O3S. The first-order valence-corrected chi connectivity index (χ1v) is 10.6. The second kappa shape index (κ2) is 12.3. The number of likely N-dealkylation sites (N-methyl/N-ethyl adjacent to an activating group) is 1. The van der Waals surface area contributed by atoms with E-state index in [-0.39, 0.29) is 12.4 Å². The van der Waals surface area contributed by atoms with E-state index in [4.69, 9.17) is 9.90 Å². The number of rotatable bonds is 6. The topological polar surface area (TPSA) is 77.0 Å². The van der Waals surface area contributed by atoms with Crippen LogP contribution in [-0.4, -0.2) is 76.9 Å². The Morgan fingerprint density at radius 1 is 1.21 bits per heavy atom. The summed E-state index contributed by atoms with van der Waals surface area (Å²) in [6.45, 7) is 7.64. The van der Waals surface area contributed by atoms with Gasteiger partial charge in [0.15, 0.2) is 0 Å². The zero-order valence-electron chi connectivity index (χ0n) is 17.2. The van der Waals surface area contributed by atoms with Crippen LogP contribution in [0.4, 0.5) is 0 Å². The van der Waals surface area contributed by atoms with Crippen LogP contribution in [0.2, 0.25) is 0 Å². The van der Waals surface area contributed by atoms with Gasteiger partial charge in [0.05, 0.1) is 24.3 Å². The second-order valence-electron chi connectivity index (χ2n) is 7.13. The van der Waals surface area contributed by atoms with E-state index in [0.29, 0.717) is 19.6 Å². The number of aromatic nitrogens is 1. The third-order valence-electron chi connectivity index (χ3n) is 4.92. The molecule has 7 nitrogen and oxygen atoms in total. The van der Waals surface area contributed by atoms with Gasteiger partial charge in [-0.1, -0.05) is 30.3 Å². The number of benzene rings is 1. The van der Waals surface area contributed by atoms with E-state index in [2.05, 4.69) is 34.0 Å². The van der Waals surface area contributed by atoms with Crippen molar-refractivity contribution < 1.29 is 14.7 Å². The third kappa shape index (κ3) is 7.92. The van der Waals surface area contributed by atoms with Gasteiger partial charge < -0.3 is 14.9 Å². The average Bonchev–Trinajstić information content (AvgIpc) is 2.99. The van der Waals surface area contributed by atoms with Crippen molar-refractivity contribution in [3.05, 3.63) is 52.0 Å². The van der Waals surface area contributed by atoms with Crippen LogP contribution in [0.15, 0.2) is 35.8 Å². The summed E-state index contributed by atoms with van der Waals surface area (Å²) in [5.74, 6) is 0.200. The van der Waals surface area contributed by atoms with Crippen LogP contribution in [0.3, 0.4) is 0 Å². The standard InChI is InChI=1S/C20H28N4OS.CH2O2/c1-17-19(26-16-21-17)14-24(13-18-7-4-3-5-8-18)20(25)15-23-10-6-9-22(2)11-12-23;2-1-3/h3-5,7-8,16H,6,9-15H2,1-2H3;1H,(H,2,3). The molecule has 1 fully saturated rings. The molecule has 1 saturated heterocycles. The SMILES string of the molecule is Cc1ncsc1CN(Cc1ccccc1)C(=O)CN1CCCN(C)CC1.O=CO. The predicted molar refractivity (Wildman–Crippen MR) is 115 cm³/mol. The summed E-state index contributed by atoms with van der Waals surface area (Å²) in [5, 5.41) is 6.89. The summed E-state index contributed by atoms with van der Waals surface area (Å²) >= 11 is 1.63. The molecule has 0 unspecified atom stereocenters. The Hall–Kier alpha value is -2.29. The molecule has 0 radical (unpaired) electrons. The van der Waals surface area contributed by atoms with Crippen LogP contribution in [0.25, 0.3) is 0 Å². The van der Waals surface area contributed by atoms with Crippen LogP contribution in [0, 0.1) is 6.92 Å². The Morgan fingerprint density at radius 3 is 2.59 bits per heavy atom. The fourth-order valence-corrected chi connectivity index (χ4v) is 4.03. The van der Waals surface area contributed by atoms with Gasteiger partial charge in [-0.05, 0) is 39.0 Å². The van der Waals surface area contributed by atoms with Crippen LogP contribution < -0.4 is 0 Å². The molecule has 0 aliphatic carbocycles. The zero-order valence-corrected chi connectivity index (χ0v) is 18.0. The van der Waals surface area contributed by atoms with Crippen molar-refractivity contribution in [2.45, 2.75) is 26.4 Å². The van der Waals surface area contributed by atoms with E-state index >= 15 is 0 Å². The van der Waals surface area contributed by atoms with E-state index in [1.807, 2.05) is 35.5 Å². The first kappa shape index (κ1) is 23.0. The van der Waals surface area contributed by atoms with E-state index in [1.54, 1.807) is 11.3 Å². The molecule has 29 heavy (non-hydrogen) atoms. The predicted octanol–water partition coefficient (Wildman–Crippen LogP) is 2.32. The van der Waals surface area contributed by atoms with Crippen molar-refractivity contribution in [2.24, 2.45) is 0 Å². The highest BCUT2D eigenvalue weighted by Crippen LogP contribution is 2.17. The number of nitrogens with zero attached hydrogens (tertiary/aromatic N) is 4. The number of hydrogen-bond donors (Lipinski definition) is 1. The van der Waals surface area contributed by atoms with Gasteiger partial charge in [0.2, 0.25) is 5.91 Å². The highest BCUT2D eigenvalue weighted by molar-refractivity contribution is 7.09. The normalized spacial score (nSPS) is 15.1. The van der Waals surface area contributed by atoms with E-state index < -0.39 is 0 Å². The summed E-state index contributed by atoms with van der Waals surface area (Å²) in [6, 6.07) is 10.2. The molecule has 2 aromatic rings. The van der Waals surface area contributed by atoms with Crippen molar-refractivity contribution >= 4 is 23.7 Å². The quantitative estimate of drug-likeness (QED) is 0.726. The number of carboxylic acid groups (broad SMARTS) is 1. The minimum absolute atomic E-state index is 0.200. The van der Waals surface area contributed by atoms with Crippen molar-refractivity contribution in [3.8, 4) is 0 Å². The Morgan fingerprint density at radius 2 is 1.93 bits per heavy atom. The van der Waals surface area contributed by atoms with Gasteiger partial charge in [-0.15, -0.1) is 11.3 Å². The highest BCUT2D eigenvalue weighted by atomic mass is 32.1. The first-order valence-electron chi connectivity index (χ1n) is 9.73. The van der Waals surface area contributed by atoms with Gasteiger partial charge in [-0.25, -0.2) is 4.98 Å². The van der Waals surface area contributed by atoms with Gasteiger partial charge in [0, 0.05) is 24.5 Å². The average molecular weight is 419 g/mol. The summed E-state index contributed by atoms with van der Waals surface area (Å²) < 4.78 is 0. The van der Waals surface area contributed by atoms with Crippen molar-refractivity contribution in [2.75, 3.05) is 39.8 Å². The Labute approximate surface area is 176 Å². The molecule has 0 spiro atoms. The van der Waals surface area contributed by atoms with Crippen LogP contribution in [0.1, 0.15) is 22.6 Å². The molecule has 1 aliphatic rings. The number of carbonyl (C=O) groups excluding carboxylic acids is 1. The lowest BCUT2D eigenvalue weighted by Crippen LogP contribution is -2.41. The van der Waals surface area contributed by atoms with E-state index in [0.717, 1.165) is 38.3 Å².